The molecule has 0 aliphatic carbocycles. The summed E-state index contributed by atoms with van der Waals surface area (Å²) >= 11 is 1.81. The first-order valence-electron chi connectivity index (χ1n) is 5.95. The Kier molecular flexibility index (Phi) is 3.80. The van der Waals surface area contributed by atoms with Gasteiger partial charge in [-0.25, -0.2) is 4.39 Å². The zero-order valence-corrected chi connectivity index (χ0v) is 11.1. The minimum atomic E-state index is -0.731. The van der Waals surface area contributed by atoms with E-state index in [4.69, 9.17) is 5.73 Å². The maximum absolute atomic E-state index is 13.3. The molecule has 1 amide bonds. The maximum Gasteiger partial charge on any atom is 0.243 e. The predicted molar refractivity (Wildman–Crippen MR) is 73.2 cm³/mol. The van der Waals surface area contributed by atoms with Gasteiger partial charge in [0.25, 0.3) is 0 Å². The largest absolute Gasteiger partial charge is 0.371 e. The maximum atomic E-state index is 13.3. The summed E-state index contributed by atoms with van der Waals surface area (Å²) in [5.74, 6) is 1.13. The van der Waals surface area contributed by atoms with Crippen LogP contribution in [0.4, 0.5) is 10.1 Å². The van der Waals surface area contributed by atoms with Crippen molar-refractivity contribution in [1.29, 1.82) is 0 Å². The lowest BCUT2D eigenvalue weighted by Crippen LogP contribution is -2.52. The summed E-state index contributed by atoms with van der Waals surface area (Å²) in [5.41, 5.74) is 6.24. The van der Waals surface area contributed by atoms with Crippen LogP contribution >= 0.6 is 11.8 Å². The standard InChI is InChI=1S/C13H17FN2OS/c1-9-6-10(14)8-11(7-9)16-13(12(15)17)2-4-18-5-3-13/h6-8,16H,2-5H2,1H3,(H2,15,17). The highest BCUT2D eigenvalue weighted by Gasteiger charge is 2.38. The average molecular weight is 268 g/mol. The Morgan fingerprint density at radius 3 is 2.61 bits per heavy atom. The van der Waals surface area contributed by atoms with Crippen LogP contribution in [0.2, 0.25) is 0 Å². The van der Waals surface area contributed by atoms with Gasteiger partial charge in [0.05, 0.1) is 0 Å². The summed E-state index contributed by atoms with van der Waals surface area (Å²) in [7, 11) is 0. The molecule has 5 heteroatoms. The van der Waals surface area contributed by atoms with Crippen molar-refractivity contribution in [3.8, 4) is 0 Å². The van der Waals surface area contributed by atoms with Gasteiger partial charge >= 0.3 is 0 Å². The van der Waals surface area contributed by atoms with E-state index < -0.39 is 5.54 Å². The molecule has 18 heavy (non-hydrogen) atoms. The van der Waals surface area contributed by atoms with E-state index in [9.17, 15) is 9.18 Å². The van der Waals surface area contributed by atoms with Gasteiger partial charge in [-0.3, -0.25) is 4.79 Å². The SMILES string of the molecule is Cc1cc(F)cc(NC2(C(N)=O)CCSCC2)c1. The second-order valence-corrected chi connectivity index (χ2v) is 5.93. The number of hydrogen-bond acceptors (Lipinski definition) is 3. The molecule has 1 aliphatic heterocycles. The number of nitrogens with two attached hydrogens (primary N) is 1. The molecule has 0 bridgehead atoms. The quantitative estimate of drug-likeness (QED) is 0.884. The lowest BCUT2D eigenvalue weighted by atomic mass is 9.91. The molecule has 0 spiro atoms. The van der Waals surface area contributed by atoms with E-state index in [0.29, 0.717) is 18.5 Å². The molecular formula is C13H17FN2OS. The summed E-state index contributed by atoms with van der Waals surface area (Å²) in [5, 5.41) is 3.15. The van der Waals surface area contributed by atoms with Crippen LogP contribution in [-0.2, 0) is 4.79 Å². The third-order valence-electron chi connectivity index (χ3n) is 3.24. The molecule has 0 saturated carbocycles. The van der Waals surface area contributed by atoms with Crippen LogP contribution in [0.25, 0.3) is 0 Å². The number of halogens is 1. The van der Waals surface area contributed by atoms with Crippen LogP contribution in [0.1, 0.15) is 18.4 Å². The summed E-state index contributed by atoms with van der Waals surface area (Å²) in [6.45, 7) is 1.82. The van der Waals surface area contributed by atoms with Crippen molar-refractivity contribution in [3.05, 3.63) is 29.6 Å². The summed E-state index contributed by atoms with van der Waals surface area (Å²) < 4.78 is 13.3. The molecule has 0 atom stereocenters. The molecule has 0 aromatic heterocycles. The fraction of sp³-hybridized carbons (Fsp3) is 0.462. The molecule has 0 unspecified atom stereocenters. The molecule has 1 aromatic rings. The number of nitrogens with one attached hydrogen (secondary N) is 1. The number of carbonyl (C=O) groups excluding carboxylic acids is 1. The minimum Gasteiger partial charge on any atom is -0.371 e. The highest BCUT2D eigenvalue weighted by molar-refractivity contribution is 7.99. The van der Waals surface area contributed by atoms with Gasteiger partial charge in [-0.05, 0) is 55.0 Å². The van der Waals surface area contributed by atoms with Gasteiger partial charge in [0.1, 0.15) is 11.4 Å². The molecule has 1 heterocycles. The number of hydrogen-bond donors (Lipinski definition) is 2. The first-order valence-corrected chi connectivity index (χ1v) is 7.10. The third-order valence-corrected chi connectivity index (χ3v) is 4.23. The first kappa shape index (κ1) is 13.2. The molecule has 1 saturated heterocycles. The molecule has 1 aliphatic rings. The van der Waals surface area contributed by atoms with Crippen molar-refractivity contribution in [2.45, 2.75) is 25.3 Å². The van der Waals surface area contributed by atoms with Crippen molar-refractivity contribution in [2.24, 2.45) is 5.73 Å². The molecule has 3 nitrogen and oxygen atoms in total. The van der Waals surface area contributed by atoms with E-state index in [1.807, 2.05) is 24.8 Å². The van der Waals surface area contributed by atoms with Crippen molar-refractivity contribution in [1.82, 2.24) is 0 Å². The van der Waals surface area contributed by atoms with Gasteiger partial charge in [-0.2, -0.15) is 11.8 Å². The van der Waals surface area contributed by atoms with Crippen LogP contribution in [0.15, 0.2) is 18.2 Å². The van der Waals surface area contributed by atoms with Crippen molar-refractivity contribution < 1.29 is 9.18 Å². The Morgan fingerprint density at radius 2 is 2.06 bits per heavy atom. The van der Waals surface area contributed by atoms with Crippen LogP contribution in [0, 0.1) is 12.7 Å². The van der Waals surface area contributed by atoms with E-state index in [0.717, 1.165) is 17.1 Å². The van der Waals surface area contributed by atoms with Crippen molar-refractivity contribution >= 4 is 23.4 Å². The molecular weight excluding hydrogens is 251 g/mol. The van der Waals surface area contributed by atoms with E-state index in [2.05, 4.69) is 5.32 Å². The third kappa shape index (κ3) is 2.77. The van der Waals surface area contributed by atoms with Crippen LogP contribution < -0.4 is 11.1 Å². The monoisotopic (exact) mass is 268 g/mol. The highest BCUT2D eigenvalue weighted by Crippen LogP contribution is 2.31. The Balaban J connectivity index is 2.25. The molecule has 0 radical (unpaired) electrons. The normalized spacial score (nSPS) is 18.3. The Hall–Kier alpha value is -1.23. The first-order chi connectivity index (χ1) is 8.52. The van der Waals surface area contributed by atoms with Crippen LogP contribution in [-0.4, -0.2) is 23.0 Å². The summed E-state index contributed by atoms with van der Waals surface area (Å²) in [4.78, 5) is 11.7. The molecule has 1 fully saturated rings. The molecule has 3 N–H and O–H groups in total. The second-order valence-electron chi connectivity index (χ2n) is 4.70. The zero-order valence-electron chi connectivity index (χ0n) is 10.3. The topological polar surface area (TPSA) is 55.1 Å². The Morgan fingerprint density at radius 1 is 1.39 bits per heavy atom. The fourth-order valence-corrected chi connectivity index (χ4v) is 3.43. The number of benzene rings is 1. The number of amides is 1. The average Bonchev–Trinajstić information content (AvgIpc) is 2.28. The minimum absolute atomic E-state index is 0.303. The second kappa shape index (κ2) is 5.18. The van der Waals surface area contributed by atoms with Crippen molar-refractivity contribution in [2.75, 3.05) is 16.8 Å². The highest BCUT2D eigenvalue weighted by atomic mass is 32.2. The number of anilines is 1. The number of carbonyl (C=O) groups is 1. The molecule has 1 aromatic carbocycles. The van der Waals surface area contributed by atoms with Crippen LogP contribution in [0.5, 0.6) is 0 Å². The zero-order chi connectivity index (χ0) is 13.2. The van der Waals surface area contributed by atoms with Gasteiger partial charge in [0.15, 0.2) is 0 Å². The van der Waals surface area contributed by atoms with Crippen molar-refractivity contribution in [3.63, 3.8) is 0 Å². The van der Waals surface area contributed by atoms with Gasteiger partial charge in [-0.15, -0.1) is 0 Å². The fourth-order valence-electron chi connectivity index (χ4n) is 2.24. The van der Waals surface area contributed by atoms with Gasteiger partial charge < -0.3 is 11.1 Å². The summed E-state index contributed by atoms with van der Waals surface area (Å²) in [6.07, 6.45) is 1.37. The van der Waals surface area contributed by atoms with E-state index in [1.165, 1.54) is 12.1 Å². The number of aryl methyl sites for hydroxylation is 1. The number of rotatable bonds is 3. The Bertz CT molecular complexity index is 438. The van der Waals surface area contributed by atoms with Gasteiger partial charge in [-0.1, -0.05) is 0 Å². The smallest absolute Gasteiger partial charge is 0.243 e. The predicted octanol–water partition coefficient (Wildman–Crippen LogP) is 2.30. The Labute approximate surface area is 110 Å². The van der Waals surface area contributed by atoms with E-state index >= 15 is 0 Å². The number of thioether (sulfide) groups is 1. The summed E-state index contributed by atoms with van der Waals surface area (Å²) in [6, 6.07) is 4.69. The van der Waals surface area contributed by atoms with Gasteiger partial charge in [0, 0.05) is 5.69 Å². The van der Waals surface area contributed by atoms with Crippen LogP contribution in [0.3, 0.4) is 0 Å². The lowest BCUT2D eigenvalue weighted by molar-refractivity contribution is -0.122. The van der Waals surface area contributed by atoms with E-state index in [1.54, 1.807) is 0 Å². The molecule has 2 rings (SSSR count). The van der Waals surface area contributed by atoms with E-state index in [-0.39, 0.29) is 11.7 Å². The lowest BCUT2D eigenvalue weighted by Gasteiger charge is -2.35. The number of primary amides is 1. The van der Waals surface area contributed by atoms with Gasteiger partial charge in [0.2, 0.25) is 5.91 Å². The molecule has 98 valence electrons.